The van der Waals surface area contributed by atoms with Crippen molar-refractivity contribution in [3.05, 3.63) is 71.5 Å². The van der Waals surface area contributed by atoms with E-state index in [0.29, 0.717) is 22.9 Å². The summed E-state index contributed by atoms with van der Waals surface area (Å²) in [6, 6.07) is 14.7. The fourth-order valence-corrected chi connectivity index (χ4v) is 4.61. The van der Waals surface area contributed by atoms with Gasteiger partial charge in [0, 0.05) is 36.3 Å². The molecule has 1 saturated heterocycles. The summed E-state index contributed by atoms with van der Waals surface area (Å²) in [6.45, 7) is 2.72. The summed E-state index contributed by atoms with van der Waals surface area (Å²) in [4.78, 5) is 17.0. The van der Waals surface area contributed by atoms with E-state index < -0.39 is 0 Å². The number of hydrogen-bond donors (Lipinski definition) is 0. The smallest absolute Gasteiger partial charge is 0.253 e. The molecule has 0 bridgehead atoms. The number of benzene rings is 2. The average molecular weight is 447 g/mol. The third-order valence-corrected chi connectivity index (χ3v) is 6.23. The second kappa shape index (κ2) is 8.78. The molecule has 2 aliphatic heterocycles. The molecule has 1 fully saturated rings. The lowest BCUT2D eigenvalue weighted by molar-refractivity contribution is 0.0785. The number of carbonyl (C=O) groups is 1. The number of halogens is 1. The Labute approximate surface area is 192 Å². The third-order valence-electron chi connectivity index (χ3n) is 6.23. The standard InChI is InChI=1S/C25H27FN6O/c1-29(2)14-18-11-12-30(15-18)25(33)19-7-9-22(10-8-19)32-17-23(27-28-32)21-13-20-5-3-4-6-24(20)31(26)16-21/h3-10,13,17-18H,11-12,14-16H2,1-2H3/t18-/m0/s1. The van der Waals surface area contributed by atoms with Crippen molar-refractivity contribution in [1.29, 1.82) is 0 Å². The summed E-state index contributed by atoms with van der Waals surface area (Å²) < 4.78 is 16.1. The van der Waals surface area contributed by atoms with E-state index in [1.165, 1.54) is 0 Å². The molecule has 0 aliphatic carbocycles. The lowest BCUT2D eigenvalue weighted by Crippen LogP contribution is -2.30. The van der Waals surface area contributed by atoms with Crippen LogP contribution in [0.4, 0.5) is 10.2 Å². The lowest BCUT2D eigenvalue weighted by Gasteiger charge is -2.22. The van der Waals surface area contributed by atoms with Crippen LogP contribution in [-0.4, -0.2) is 71.0 Å². The minimum atomic E-state index is 0.0659. The number of fused-ring (bicyclic) bond motifs is 1. The number of amides is 1. The molecule has 5 rings (SSSR count). The van der Waals surface area contributed by atoms with Crippen molar-refractivity contribution in [3.63, 3.8) is 0 Å². The molecule has 1 aromatic heterocycles. The van der Waals surface area contributed by atoms with Crippen LogP contribution in [0.15, 0.2) is 54.7 Å². The van der Waals surface area contributed by atoms with Crippen LogP contribution in [0.25, 0.3) is 17.3 Å². The molecule has 0 spiro atoms. The highest BCUT2D eigenvalue weighted by Gasteiger charge is 2.27. The largest absolute Gasteiger partial charge is 0.338 e. The van der Waals surface area contributed by atoms with Crippen molar-refractivity contribution in [1.82, 2.24) is 24.8 Å². The zero-order valence-corrected chi connectivity index (χ0v) is 18.9. The van der Waals surface area contributed by atoms with E-state index >= 15 is 0 Å². The lowest BCUT2D eigenvalue weighted by atomic mass is 10.0. The highest BCUT2D eigenvalue weighted by Crippen LogP contribution is 2.32. The van der Waals surface area contributed by atoms with Crippen LogP contribution in [0.1, 0.15) is 28.0 Å². The quantitative estimate of drug-likeness (QED) is 0.561. The van der Waals surface area contributed by atoms with Crippen molar-refractivity contribution in [2.45, 2.75) is 6.42 Å². The topological polar surface area (TPSA) is 57.5 Å². The summed E-state index contributed by atoms with van der Waals surface area (Å²) >= 11 is 0. The van der Waals surface area contributed by atoms with Crippen LogP contribution >= 0.6 is 0 Å². The maximum absolute atomic E-state index is 14.5. The molecule has 2 aliphatic rings. The Morgan fingerprint density at radius 3 is 2.73 bits per heavy atom. The number of likely N-dealkylation sites (tertiary alicyclic amines) is 1. The summed E-state index contributed by atoms with van der Waals surface area (Å²) in [7, 11) is 4.13. The van der Waals surface area contributed by atoms with Gasteiger partial charge in [-0.15, -0.1) is 5.10 Å². The van der Waals surface area contributed by atoms with Crippen molar-refractivity contribution < 1.29 is 9.28 Å². The highest BCUT2D eigenvalue weighted by atomic mass is 19.2. The fraction of sp³-hybridized carbons (Fsp3) is 0.320. The highest BCUT2D eigenvalue weighted by molar-refractivity contribution is 5.94. The molecule has 0 N–H and O–H groups in total. The summed E-state index contributed by atoms with van der Waals surface area (Å²) in [5.41, 5.74) is 4.22. The molecule has 7 nitrogen and oxygen atoms in total. The summed E-state index contributed by atoms with van der Waals surface area (Å²) in [5.74, 6) is 0.592. The first kappa shape index (κ1) is 21.3. The Morgan fingerprint density at radius 1 is 1.15 bits per heavy atom. The van der Waals surface area contributed by atoms with Gasteiger partial charge < -0.3 is 9.80 Å². The second-order valence-corrected chi connectivity index (χ2v) is 9.01. The zero-order chi connectivity index (χ0) is 22.9. The molecule has 2 aromatic carbocycles. The van der Waals surface area contributed by atoms with E-state index in [4.69, 9.17) is 0 Å². The maximum Gasteiger partial charge on any atom is 0.253 e. The minimum Gasteiger partial charge on any atom is -0.338 e. The SMILES string of the molecule is CN(C)C[C@@H]1CCN(C(=O)c2ccc(-n3cc(C4=Cc5ccccc5N(F)C4)nn3)cc2)C1. The molecule has 3 aromatic rings. The van der Waals surface area contributed by atoms with Crippen LogP contribution in [0.3, 0.4) is 0 Å². The Kier molecular flexibility index (Phi) is 5.68. The Hall–Kier alpha value is -3.52. The van der Waals surface area contributed by atoms with E-state index in [2.05, 4.69) is 29.3 Å². The maximum atomic E-state index is 14.5. The monoisotopic (exact) mass is 446 g/mol. The van der Waals surface area contributed by atoms with Crippen LogP contribution in [-0.2, 0) is 0 Å². The molecule has 1 amide bonds. The van der Waals surface area contributed by atoms with E-state index in [9.17, 15) is 9.28 Å². The van der Waals surface area contributed by atoms with Crippen LogP contribution in [0.2, 0.25) is 0 Å². The summed E-state index contributed by atoms with van der Waals surface area (Å²) in [5, 5.41) is 9.19. The predicted octanol–water partition coefficient (Wildman–Crippen LogP) is 3.54. The normalized spacial score (nSPS) is 17.9. The van der Waals surface area contributed by atoms with Gasteiger partial charge in [0.1, 0.15) is 5.69 Å². The van der Waals surface area contributed by atoms with Gasteiger partial charge in [0.2, 0.25) is 0 Å². The molecular weight excluding hydrogens is 419 g/mol. The molecule has 0 saturated carbocycles. The van der Waals surface area contributed by atoms with Gasteiger partial charge in [-0.05, 0) is 62.8 Å². The third kappa shape index (κ3) is 4.39. The van der Waals surface area contributed by atoms with Gasteiger partial charge in [-0.1, -0.05) is 27.9 Å². The van der Waals surface area contributed by atoms with Crippen molar-refractivity contribution in [2.75, 3.05) is 45.4 Å². The number of carbonyl (C=O) groups excluding carboxylic acids is 1. The Morgan fingerprint density at radius 2 is 1.94 bits per heavy atom. The van der Waals surface area contributed by atoms with Gasteiger partial charge in [-0.2, -0.15) is 0 Å². The molecule has 0 unspecified atom stereocenters. The van der Waals surface area contributed by atoms with Crippen LogP contribution < -0.4 is 5.12 Å². The van der Waals surface area contributed by atoms with E-state index in [0.717, 1.165) is 48.0 Å². The fourth-order valence-electron chi connectivity index (χ4n) is 4.61. The predicted molar refractivity (Wildman–Crippen MR) is 127 cm³/mol. The van der Waals surface area contributed by atoms with Gasteiger partial charge in [-0.25, -0.2) is 9.80 Å². The molecule has 33 heavy (non-hydrogen) atoms. The minimum absolute atomic E-state index is 0.0659. The van der Waals surface area contributed by atoms with Crippen LogP contribution in [0, 0.1) is 5.92 Å². The first-order chi connectivity index (χ1) is 16.0. The van der Waals surface area contributed by atoms with Crippen molar-refractivity contribution >= 4 is 23.2 Å². The number of anilines is 1. The Bertz CT molecular complexity index is 1190. The van der Waals surface area contributed by atoms with Gasteiger partial charge in [0.05, 0.1) is 24.1 Å². The number of hydrogen-bond acceptors (Lipinski definition) is 5. The van der Waals surface area contributed by atoms with Gasteiger partial charge in [0.15, 0.2) is 0 Å². The Balaban J connectivity index is 1.29. The van der Waals surface area contributed by atoms with E-state index in [1.807, 2.05) is 53.4 Å². The van der Waals surface area contributed by atoms with Crippen molar-refractivity contribution in [3.8, 4) is 5.69 Å². The number of nitrogens with zero attached hydrogens (tertiary/aromatic N) is 6. The molecule has 3 heterocycles. The molecule has 0 radical (unpaired) electrons. The van der Waals surface area contributed by atoms with Crippen molar-refractivity contribution in [2.24, 2.45) is 5.92 Å². The number of aromatic nitrogens is 3. The first-order valence-corrected chi connectivity index (χ1v) is 11.2. The van der Waals surface area contributed by atoms with E-state index in [-0.39, 0.29) is 12.5 Å². The molecule has 8 heteroatoms. The summed E-state index contributed by atoms with van der Waals surface area (Å²) in [6.07, 6.45) is 4.78. The second-order valence-electron chi connectivity index (χ2n) is 9.01. The zero-order valence-electron chi connectivity index (χ0n) is 18.9. The van der Waals surface area contributed by atoms with Gasteiger partial charge in [0.25, 0.3) is 5.91 Å². The molecular formula is C25H27FN6O. The van der Waals surface area contributed by atoms with Gasteiger partial charge in [-0.3, -0.25) is 4.79 Å². The average Bonchev–Trinajstić information content (AvgIpc) is 3.49. The first-order valence-electron chi connectivity index (χ1n) is 11.2. The van der Waals surface area contributed by atoms with E-state index in [1.54, 1.807) is 16.9 Å². The van der Waals surface area contributed by atoms with Gasteiger partial charge >= 0.3 is 0 Å². The molecule has 170 valence electrons. The van der Waals surface area contributed by atoms with Crippen LogP contribution in [0.5, 0.6) is 0 Å². The number of rotatable bonds is 5. The molecule has 1 atom stereocenters. The number of para-hydroxylation sites is 1.